The number of para-hydroxylation sites is 1. The van der Waals surface area contributed by atoms with Crippen molar-refractivity contribution in [1.29, 1.82) is 0 Å². The monoisotopic (exact) mass is 501 g/mol. The van der Waals surface area contributed by atoms with E-state index in [1.807, 2.05) is 51.9 Å². The molecule has 2 aromatic heterocycles. The highest BCUT2D eigenvalue weighted by Crippen LogP contribution is 2.37. The number of carbonyl (C=O) groups is 2. The molecule has 8 nitrogen and oxygen atoms in total. The average molecular weight is 502 g/mol. The molecule has 4 heterocycles. The van der Waals surface area contributed by atoms with Gasteiger partial charge in [0.15, 0.2) is 0 Å². The highest BCUT2D eigenvalue weighted by molar-refractivity contribution is 7.18. The molecule has 0 aliphatic carbocycles. The quantitative estimate of drug-likeness (QED) is 0.464. The van der Waals surface area contributed by atoms with Crippen LogP contribution in [0.15, 0.2) is 54.9 Å². The molecule has 2 bridgehead atoms. The van der Waals surface area contributed by atoms with Crippen LogP contribution in [0.5, 0.6) is 5.75 Å². The van der Waals surface area contributed by atoms with Crippen LogP contribution in [0.2, 0.25) is 0 Å². The predicted octanol–water partition coefficient (Wildman–Crippen LogP) is 3.50. The molecule has 0 fully saturated rings. The molecule has 9 heteroatoms. The van der Waals surface area contributed by atoms with Gasteiger partial charge in [-0.1, -0.05) is 24.3 Å². The highest BCUT2D eigenvalue weighted by Gasteiger charge is 2.36. The van der Waals surface area contributed by atoms with E-state index in [0.29, 0.717) is 39.0 Å². The summed E-state index contributed by atoms with van der Waals surface area (Å²) in [5, 5.41) is 3.93. The standard InChI is InChI=1S/C27H27N5O3S/c33-23-16-31-17-29-21-11-13-32(25(34)10-9-24-30-20-7-1-2-8-22(20)36-24)26(27(21)31)18-5-3-6-19(15-18)35-14-4-12-28-23/h1-3,5-8,15,17,26H,4,9-14,16H2,(H,28,33). The van der Waals surface area contributed by atoms with E-state index in [1.165, 1.54) is 0 Å². The normalized spacial score (nSPS) is 17.8. The van der Waals surface area contributed by atoms with E-state index in [2.05, 4.69) is 16.4 Å². The maximum absolute atomic E-state index is 13.7. The highest BCUT2D eigenvalue weighted by atomic mass is 32.1. The lowest BCUT2D eigenvalue weighted by molar-refractivity contribution is -0.133. The summed E-state index contributed by atoms with van der Waals surface area (Å²) >= 11 is 1.64. The van der Waals surface area contributed by atoms with Crippen LogP contribution in [-0.2, 0) is 29.0 Å². The van der Waals surface area contributed by atoms with Crippen LogP contribution in [0, 0.1) is 0 Å². The van der Waals surface area contributed by atoms with Gasteiger partial charge in [0.25, 0.3) is 0 Å². The van der Waals surface area contributed by atoms with Gasteiger partial charge in [-0.25, -0.2) is 9.97 Å². The molecule has 2 aliphatic rings. The Kier molecular flexibility index (Phi) is 6.14. The van der Waals surface area contributed by atoms with Crippen molar-refractivity contribution in [2.24, 2.45) is 0 Å². The third-order valence-electron chi connectivity index (χ3n) is 6.73. The lowest BCUT2D eigenvalue weighted by atomic mass is 9.94. The van der Waals surface area contributed by atoms with E-state index in [9.17, 15) is 9.59 Å². The van der Waals surface area contributed by atoms with Gasteiger partial charge in [-0.2, -0.15) is 0 Å². The summed E-state index contributed by atoms with van der Waals surface area (Å²) in [4.78, 5) is 37.6. The van der Waals surface area contributed by atoms with E-state index in [1.54, 1.807) is 17.7 Å². The van der Waals surface area contributed by atoms with Gasteiger partial charge in [-0.05, 0) is 36.2 Å². The van der Waals surface area contributed by atoms with Crippen LogP contribution in [-0.4, -0.2) is 50.9 Å². The van der Waals surface area contributed by atoms with Crippen LogP contribution in [0.4, 0.5) is 0 Å². The molecule has 184 valence electrons. The molecule has 1 N–H and O–H groups in total. The Bertz CT molecular complexity index is 1390. The summed E-state index contributed by atoms with van der Waals surface area (Å²) in [5.41, 5.74) is 3.77. The fourth-order valence-corrected chi connectivity index (χ4v) is 6.00. The first-order chi connectivity index (χ1) is 17.7. The third kappa shape index (κ3) is 4.46. The molecule has 0 radical (unpaired) electrons. The predicted molar refractivity (Wildman–Crippen MR) is 137 cm³/mol. The number of aromatic nitrogens is 3. The molecule has 36 heavy (non-hydrogen) atoms. The molecule has 0 saturated heterocycles. The Morgan fingerprint density at radius 1 is 1.19 bits per heavy atom. The second-order valence-corrected chi connectivity index (χ2v) is 10.3. The molecular weight excluding hydrogens is 474 g/mol. The first kappa shape index (κ1) is 22.7. The van der Waals surface area contributed by atoms with Crippen LogP contribution >= 0.6 is 11.3 Å². The molecule has 0 spiro atoms. The number of ether oxygens (including phenoxy) is 1. The molecule has 1 atom stereocenters. The van der Waals surface area contributed by atoms with Gasteiger partial charge < -0.3 is 19.5 Å². The Morgan fingerprint density at radius 2 is 2.11 bits per heavy atom. The molecule has 6 rings (SSSR count). The SMILES string of the molecule is O=C1Cn2cnc3c2C(c2cccc(c2)OCCCN1)N(C(=O)CCc1nc2ccccc2s1)CC3. The van der Waals surface area contributed by atoms with Crippen LogP contribution in [0.25, 0.3) is 10.2 Å². The minimum absolute atomic E-state index is 0.0674. The largest absolute Gasteiger partial charge is 0.494 e. The summed E-state index contributed by atoms with van der Waals surface area (Å²) < 4.78 is 8.98. The Balaban J connectivity index is 1.33. The number of amides is 2. The second kappa shape index (κ2) is 9.73. The number of benzene rings is 2. The topological polar surface area (TPSA) is 89.4 Å². The number of rotatable bonds is 3. The number of nitrogens with zero attached hydrogens (tertiary/aromatic N) is 4. The smallest absolute Gasteiger partial charge is 0.239 e. The van der Waals surface area contributed by atoms with Crippen molar-refractivity contribution in [2.75, 3.05) is 19.7 Å². The van der Waals surface area contributed by atoms with E-state index in [-0.39, 0.29) is 24.4 Å². The molecule has 0 saturated carbocycles. The number of carbonyl (C=O) groups excluding carboxylic acids is 2. The minimum Gasteiger partial charge on any atom is -0.494 e. The Hall–Kier alpha value is -3.72. The van der Waals surface area contributed by atoms with Crippen molar-refractivity contribution in [3.63, 3.8) is 0 Å². The Labute approximate surface area is 212 Å². The van der Waals surface area contributed by atoms with Gasteiger partial charge in [0, 0.05) is 32.4 Å². The van der Waals surface area contributed by atoms with Crippen molar-refractivity contribution < 1.29 is 14.3 Å². The van der Waals surface area contributed by atoms with Gasteiger partial charge >= 0.3 is 0 Å². The summed E-state index contributed by atoms with van der Waals surface area (Å²) in [6, 6.07) is 15.6. The first-order valence-electron chi connectivity index (χ1n) is 12.3. The molecule has 2 aliphatic heterocycles. The zero-order chi connectivity index (χ0) is 24.5. The van der Waals surface area contributed by atoms with Gasteiger partial charge in [-0.3, -0.25) is 9.59 Å². The summed E-state index contributed by atoms with van der Waals surface area (Å²) in [6.45, 7) is 1.81. The van der Waals surface area contributed by atoms with Crippen LogP contribution < -0.4 is 10.1 Å². The molecule has 2 aromatic carbocycles. The van der Waals surface area contributed by atoms with Crippen molar-refractivity contribution in [1.82, 2.24) is 24.8 Å². The second-order valence-electron chi connectivity index (χ2n) is 9.14. The van der Waals surface area contributed by atoms with Crippen molar-refractivity contribution in [3.8, 4) is 5.75 Å². The van der Waals surface area contributed by atoms with E-state index >= 15 is 0 Å². The summed E-state index contributed by atoms with van der Waals surface area (Å²) in [7, 11) is 0. The van der Waals surface area contributed by atoms with Crippen LogP contribution in [0.1, 0.15) is 40.8 Å². The lowest BCUT2D eigenvalue weighted by Gasteiger charge is -2.37. The molecule has 4 aromatic rings. The average Bonchev–Trinajstić information content (AvgIpc) is 3.50. The number of fused-ring (bicyclic) bond motifs is 4. The minimum atomic E-state index is -0.337. The molecule has 1 unspecified atom stereocenters. The third-order valence-corrected chi connectivity index (χ3v) is 7.83. The molecule has 2 amide bonds. The maximum atomic E-state index is 13.7. The zero-order valence-corrected chi connectivity index (χ0v) is 20.7. The summed E-state index contributed by atoms with van der Waals surface area (Å²) in [6.07, 6.45) is 4.07. The van der Waals surface area contributed by atoms with Crippen LogP contribution in [0.3, 0.4) is 0 Å². The van der Waals surface area contributed by atoms with Crippen molar-refractivity contribution in [2.45, 2.75) is 38.3 Å². The van der Waals surface area contributed by atoms with Gasteiger partial charge in [0.1, 0.15) is 12.3 Å². The van der Waals surface area contributed by atoms with Crippen molar-refractivity contribution in [3.05, 3.63) is 76.8 Å². The van der Waals surface area contributed by atoms with Gasteiger partial charge in [0.05, 0.1) is 45.6 Å². The summed E-state index contributed by atoms with van der Waals surface area (Å²) in [5.74, 6) is 0.759. The van der Waals surface area contributed by atoms with Gasteiger partial charge in [-0.15, -0.1) is 11.3 Å². The first-order valence-corrected chi connectivity index (χ1v) is 13.1. The van der Waals surface area contributed by atoms with E-state index in [4.69, 9.17) is 9.72 Å². The molecular formula is C27H27N5O3S. The number of hydrogen-bond acceptors (Lipinski definition) is 6. The number of hydrogen-bond donors (Lipinski definition) is 1. The number of imidazole rings is 1. The fraction of sp³-hybridized carbons (Fsp3) is 0.333. The van der Waals surface area contributed by atoms with Gasteiger partial charge in [0.2, 0.25) is 11.8 Å². The number of nitrogens with one attached hydrogen (secondary N) is 1. The Morgan fingerprint density at radius 3 is 3.03 bits per heavy atom. The fourth-order valence-electron chi connectivity index (χ4n) is 5.04. The number of aryl methyl sites for hydroxylation is 1. The lowest BCUT2D eigenvalue weighted by Crippen LogP contribution is -2.42. The van der Waals surface area contributed by atoms with E-state index in [0.717, 1.165) is 44.3 Å². The maximum Gasteiger partial charge on any atom is 0.239 e. The van der Waals surface area contributed by atoms with E-state index < -0.39 is 0 Å². The zero-order valence-electron chi connectivity index (χ0n) is 19.9. The van der Waals surface area contributed by atoms with Crippen molar-refractivity contribution >= 4 is 33.4 Å². The number of thiazole rings is 1.